The van der Waals surface area contributed by atoms with E-state index < -0.39 is 0 Å². The first-order valence-corrected chi connectivity index (χ1v) is 11.4. The molecule has 0 unspecified atom stereocenters. The Bertz CT molecular complexity index is 768. The predicted molar refractivity (Wildman–Crippen MR) is 127 cm³/mol. The monoisotopic (exact) mass is 465 g/mol. The fourth-order valence-corrected chi connectivity index (χ4v) is 2.83. The zero-order valence-electron chi connectivity index (χ0n) is 19.1. The van der Waals surface area contributed by atoms with E-state index in [1.807, 2.05) is 0 Å². The fraction of sp³-hybridized carbons (Fsp3) is 0.591. The van der Waals surface area contributed by atoms with Crippen molar-refractivity contribution in [3.63, 3.8) is 0 Å². The number of hydrogen-bond acceptors (Lipinski definition) is 10. The Kier molecular flexibility index (Phi) is 13.7. The van der Waals surface area contributed by atoms with Crippen LogP contribution in [-0.2, 0) is 16.0 Å². The summed E-state index contributed by atoms with van der Waals surface area (Å²) >= 11 is 0. The van der Waals surface area contributed by atoms with Gasteiger partial charge in [-0.2, -0.15) is 15.0 Å². The number of aromatic nitrogens is 3. The molecule has 0 fully saturated rings. The van der Waals surface area contributed by atoms with Gasteiger partial charge in [0.2, 0.25) is 17.8 Å². The Hall–Kier alpha value is -2.60. The molecule has 6 N–H and O–H groups in total. The van der Waals surface area contributed by atoms with Gasteiger partial charge in [0.05, 0.1) is 26.4 Å². The van der Waals surface area contributed by atoms with E-state index in [1.165, 1.54) is 12.1 Å². The molecule has 0 spiro atoms. The zero-order valence-corrected chi connectivity index (χ0v) is 19.1. The number of benzene rings is 1. The molecule has 0 aliphatic rings. The van der Waals surface area contributed by atoms with Gasteiger partial charge in [-0.25, -0.2) is 4.39 Å². The van der Waals surface area contributed by atoms with Crippen LogP contribution in [0.5, 0.6) is 0 Å². The lowest BCUT2D eigenvalue weighted by Gasteiger charge is -2.12. The number of anilines is 3. The largest absolute Gasteiger partial charge is 0.396 e. The normalized spacial score (nSPS) is 10.9. The molecule has 0 aliphatic carbocycles. The second kappa shape index (κ2) is 17.0. The highest BCUT2D eigenvalue weighted by molar-refractivity contribution is 5.42. The summed E-state index contributed by atoms with van der Waals surface area (Å²) < 4.78 is 23.9. The summed E-state index contributed by atoms with van der Waals surface area (Å²) in [4.78, 5) is 13.3. The third-order valence-electron chi connectivity index (χ3n) is 4.53. The number of nitrogens with two attached hydrogens (primary N) is 1. The lowest BCUT2D eigenvalue weighted by Crippen LogP contribution is -2.17. The minimum Gasteiger partial charge on any atom is -0.396 e. The van der Waals surface area contributed by atoms with Crippen molar-refractivity contribution in [2.75, 3.05) is 68.6 Å². The van der Waals surface area contributed by atoms with E-state index in [0.717, 1.165) is 37.8 Å². The fourth-order valence-electron chi connectivity index (χ4n) is 2.83. The third-order valence-corrected chi connectivity index (χ3v) is 4.53. The number of nitrogens with zero attached hydrogens (tertiary/aromatic N) is 3. The zero-order chi connectivity index (χ0) is 23.6. The van der Waals surface area contributed by atoms with Gasteiger partial charge in [-0.15, -0.1) is 0 Å². The Morgan fingerprint density at radius 3 is 2.03 bits per heavy atom. The van der Waals surface area contributed by atoms with Crippen molar-refractivity contribution in [3.8, 4) is 0 Å². The molecular formula is C22H36FN7O3. The Morgan fingerprint density at radius 2 is 1.36 bits per heavy atom. The van der Waals surface area contributed by atoms with Crippen LogP contribution < -0.4 is 21.7 Å². The molecule has 1 aromatic heterocycles. The van der Waals surface area contributed by atoms with E-state index in [-0.39, 0.29) is 12.4 Å². The second-order valence-electron chi connectivity index (χ2n) is 7.29. The highest BCUT2D eigenvalue weighted by Crippen LogP contribution is 2.12. The van der Waals surface area contributed by atoms with Gasteiger partial charge in [-0.05, 0) is 30.5 Å². The second-order valence-corrected chi connectivity index (χ2v) is 7.29. The Morgan fingerprint density at radius 1 is 0.758 bits per heavy atom. The molecule has 1 heterocycles. The Balaban J connectivity index is 1.85. The number of nitrogens with one attached hydrogen (secondary N) is 3. The van der Waals surface area contributed by atoms with E-state index >= 15 is 0 Å². The topological polar surface area (TPSA) is 139 Å². The van der Waals surface area contributed by atoms with E-state index in [9.17, 15) is 4.39 Å². The number of hydrogen-bond donors (Lipinski definition) is 5. The summed E-state index contributed by atoms with van der Waals surface area (Å²) in [7, 11) is 0. The van der Waals surface area contributed by atoms with Gasteiger partial charge in [0.25, 0.3) is 0 Å². The van der Waals surface area contributed by atoms with Gasteiger partial charge >= 0.3 is 0 Å². The highest BCUT2D eigenvalue weighted by atomic mass is 19.1. The molecule has 184 valence electrons. The van der Waals surface area contributed by atoms with E-state index in [2.05, 4.69) is 30.9 Å². The van der Waals surface area contributed by atoms with Gasteiger partial charge in [0, 0.05) is 32.8 Å². The van der Waals surface area contributed by atoms with E-state index in [0.29, 0.717) is 63.9 Å². The van der Waals surface area contributed by atoms with Crippen molar-refractivity contribution >= 4 is 17.8 Å². The van der Waals surface area contributed by atoms with E-state index in [1.54, 1.807) is 12.1 Å². The molecule has 0 bridgehead atoms. The van der Waals surface area contributed by atoms with Crippen LogP contribution in [0.15, 0.2) is 24.3 Å². The standard InChI is InChI=1S/C22H36FN7O3/c23-19-7-5-18(6-8-19)17-27-22-29-20(25-10-3-1-2-4-12-31)28-21(30-22)26-11-14-33-16-15-32-13-9-24/h5-8,31H,1-4,9-17,24H2,(H3,25,26,27,28,29,30). The molecule has 10 nitrogen and oxygen atoms in total. The molecule has 11 heteroatoms. The average molecular weight is 466 g/mol. The summed E-state index contributed by atoms with van der Waals surface area (Å²) in [6.45, 7) is 4.43. The maximum atomic E-state index is 13.1. The minimum absolute atomic E-state index is 0.226. The van der Waals surface area contributed by atoms with Crippen molar-refractivity contribution in [1.29, 1.82) is 0 Å². The van der Waals surface area contributed by atoms with Crippen molar-refractivity contribution in [2.24, 2.45) is 5.73 Å². The highest BCUT2D eigenvalue weighted by Gasteiger charge is 2.07. The molecule has 2 aromatic rings. The van der Waals surface area contributed by atoms with Crippen LogP contribution in [0.4, 0.5) is 22.2 Å². The summed E-state index contributed by atoms with van der Waals surface area (Å²) in [5.74, 6) is 1.03. The van der Waals surface area contributed by atoms with Gasteiger partial charge in [0.1, 0.15) is 5.82 Å². The van der Waals surface area contributed by atoms with Gasteiger partial charge in [-0.3, -0.25) is 0 Å². The van der Waals surface area contributed by atoms with Crippen LogP contribution in [-0.4, -0.2) is 72.7 Å². The first-order chi connectivity index (χ1) is 16.2. The summed E-state index contributed by atoms with van der Waals surface area (Å²) in [6.07, 6.45) is 3.78. The maximum absolute atomic E-state index is 13.1. The summed E-state index contributed by atoms with van der Waals surface area (Å²) in [5.41, 5.74) is 6.28. The number of aliphatic hydroxyl groups excluding tert-OH is 1. The predicted octanol–water partition coefficient (Wildman–Crippen LogP) is 1.99. The molecule has 33 heavy (non-hydrogen) atoms. The SMILES string of the molecule is NCCOCCOCCNc1nc(NCCCCCCO)nc(NCc2ccc(F)cc2)n1. The van der Waals surface area contributed by atoms with Gasteiger partial charge in [-0.1, -0.05) is 25.0 Å². The molecule has 1 aromatic carbocycles. The number of unbranched alkanes of at least 4 members (excludes halogenated alkanes) is 3. The molecule has 2 rings (SSSR count). The first kappa shape index (κ1) is 26.7. The lowest BCUT2D eigenvalue weighted by atomic mass is 10.2. The average Bonchev–Trinajstić information content (AvgIpc) is 2.82. The van der Waals surface area contributed by atoms with Crippen LogP contribution in [0, 0.1) is 5.82 Å². The van der Waals surface area contributed by atoms with Crippen molar-refractivity contribution < 1.29 is 19.0 Å². The van der Waals surface area contributed by atoms with Crippen LogP contribution in [0.3, 0.4) is 0 Å². The summed E-state index contributed by atoms with van der Waals surface area (Å²) in [6, 6.07) is 6.26. The smallest absolute Gasteiger partial charge is 0.229 e. The number of rotatable bonds is 19. The molecule has 0 atom stereocenters. The van der Waals surface area contributed by atoms with Crippen LogP contribution in [0.25, 0.3) is 0 Å². The minimum atomic E-state index is -0.274. The van der Waals surface area contributed by atoms with Crippen LogP contribution in [0.2, 0.25) is 0 Å². The molecule has 0 aliphatic heterocycles. The molecular weight excluding hydrogens is 429 g/mol. The first-order valence-electron chi connectivity index (χ1n) is 11.4. The molecule has 0 saturated carbocycles. The summed E-state index contributed by atoms with van der Waals surface area (Å²) in [5, 5.41) is 18.4. The van der Waals surface area contributed by atoms with Crippen molar-refractivity contribution in [1.82, 2.24) is 15.0 Å². The van der Waals surface area contributed by atoms with Crippen molar-refractivity contribution in [2.45, 2.75) is 32.2 Å². The lowest BCUT2D eigenvalue weighted by molar-refractivity contribution is 0.0547. The van der Waals surface area contributed by atoms with Gasteiger partial charge < -0.3 is 36.3 Å². The Labute approximate surface area is 194 Å². The number of ether oxygens (including phenoxy) is 2. The number of halogens is 1. The van der Waals surface area contributed by atoms with Crippen LogP contribution >= 0.6 is 0 Å². The van der Waals surface area contributed by atoms with E-state index in [4.69, 9.17) is 20.3 Å². The molecule has 0 radical (unpaired) electrons. The maximum Gasteiger partial charge on any atom is 0.229 e. The number of aliphatic hydroxyl groups is 1. The molecule has 0 saturated heterocycles. The van der Waals surface area contributed by atoms with Crippen molar-refractivity contribution in [3.05, 3.63) is 35.6 Å². The third kappa shape index (κ3) is 12.3. The molecule has 0 amide bonds. The quantitative estimate of drug-likeness (QED) is 0.196. The van der Waals surface area contributed by atoms with Gasteiger partial charge in [0.15, 0.2) is 0 Å². The van der Waals surface area contributed by atoms with Crippen LogP contribution in [0.1, 0.15) is 31.2 Å².